The van der Waals surface area contributed by atoms with Crippen LogP contribution in [0.5, 0.6) is 0 Å². The molecule has 26 heteroatoms. The van der Waals surface area contributed by atoms with Crippen molar-refractivity contribution in [1.29, 1.82) is 0 Å². The molecular formula is C34H55N7O19. The molecule has 3 heterocycles. The van der Waals surface area contributed by atoms with Gasteiger partial charge in [-0.3, -0.25) is 48.2 Å². The van der Waals surface area contributed by atoms with E-state index >= 15 is 0 Å². The molecule has 0 atom stereocenters. The van der Waals surface area contributed by atoms with Crippen molar-refractivity contribution in [2.24, 2.45) is 17.7 Å². The Hall–Kier alpha value is -4.68. The fraction of sp³-hybridized carbons (Fsp3) is 0.647. The number of hydrogen-bond acceptors (Lipinski definition) is 22. The second-order valence-corrected chi connectivity index (χ2v) is 11.5. The summed E-state index contributed by atoms with van der Waals surface area (Å²) in [7, 11) is 0. The molecule has 26 nitrogen and oxygen atoms in total. The number of nitrogens with zero attached hydrogens (tertiary/aromatic N) is 3. The van der Waals surface area contributed by atoms with E-state index in [2.05, 4.69) is 24.8 Å². The van der Waals surface area contributed by atoms with Crippen LogP contribution in [0.4, 0.5) is 0 Å². The van der Waals surface area contributed by atoms with Crippen molar-refractivity contribution in [3.8, 4) is 0 Å². The quantitative estimate of drug-likeness (QED) is 0.0284. The van der Waals surface area contributed by atoms with Gasteiger partial charge in [-0.1, -0.05) is 0 Å². The highest BCUT2D eigenvalue weighted by Gasteiger charge is 2.33. The molecule has 340 valence electrons. The zero-order valence-electron chi connectivity index (χ0n) is 33.2. The van der Waals surface area contributed by atoms with Gasteiger partial charge in [0.05, 0.1) is 112 Å². The number of carbonyl (C=O) groups is 8. The van der Waals surface area contributed by atoms with Crippen LogP contribution in [-0.2, 0) is 91.0 Å². The Bertz CT molecular complexity index is 1320. The predicted molar refractivity (Wildman–Crippen MR) is 198 cm³/mol. The first kappa shape index (κ1) is 53.3. The molecule has 0 aliphatic carbocycles. The number of nitrogens with one attached hydrogen (secondary N) is 1. The van der Waals surface area contributed by atoms with E-state index in [0.29, 0.717) is 97.6 Å². The van der Waals surface area contributed by atoms with Crippen LogP contribution in [0.1, 0.15) is 25.7 Å². The number of amides is 7. The minimum Gasteiger partial charge on any atom is -0.377 e. The van der Waals surface area contributed by atoms with E-state index in [4.69, 9.17) is 50.9 Å². The van der Waals surface area contributed by atoms with Gasteiger partial charge in [0.25, 0.3) is 35.4 Å². The van der Waals surface area contributed by atoms with Crippen LogP contribution in [0.15, 0.2) is 24.3 Å². The molecule has 0 spiro atoms. The van der Waals surface area contributed by atoms with Crippen LogP contribution in [0.3, 0.4) is 0 Å². The minimum absolute atomic E-state index is 0.0106. The molecule has 3 aliphatic heterocycles. The molecule has 7 amide bonds. The molecule has 3 aliphatic rings. The van der Waals surface area contributed by atoms with Crippen molar-refractivity contribution in [2.45, 2.75) is 25.7 Å². The molecule has 0 bridgehead atoms. The maximum absolute atomic E-state index is 11.5. The van der Waals surface area contributed by atoms with Crippen molar-refractivity contribution in [1.82, 2.24) is 20.3 Å². The number of nitrogens with two attached hydrogens (primary N) is 3. The van der Waals surface area contributed by atoms with E-state index in [1.54, 1.807) is 0 Å². The summed E-state index contributed by atoms with van der Waals surface area (Å²) in [4.78, 5) is 115. The van der Waals surface area contributed by atoms with Gasteiger partial charge in [-0.05, 0) is 0 Å². The minimum atomic E-state index is -0.851. The van der Waals surface area contributed by atoms with Crippen LogP contribution in [-0.4, -0.2) is 181 Å². The van der Waals surface area contributed by atoms with Crippen LogP contribution in [0.25, 0.3) is 0 Å². The van der Waals surface area contributed by atoms with Crippen molar-refractivity contribution in [2.75, 3.05) is 119 Å². The van der Waals surface area contributed by atoms with E-state index in [1.165, 1.54) is 12.2 Å². The first-order chi connectivity index (χ1) is 29.0. The molecule has 1 fully saturated rings. The van der Waals surface area contributed by atoms with Crippen LogP contribution in [0, 0.1) is 0 Å². The Morgan fingerprint density at radius 3 is 1.15 bits per heavy atom. The first-order valence-corrected chi connectivity index (χ1v) is 18.5. The first-order valence-electron chi connectivity index (χ1n) is 18.5. The summed E-state index contributed by atoms with van der Waals surface area (Å²) in [5, 5.41) is 0.425. The average Bonchev–Trinajstić information content (AvgIpc) is 3.86. The highest BCUT2D eigenvalue weighted by Crippen LogP contribution is 2.13. The Morgan fingerprint density at radius 1 is 0.483 bits per heavy atom. The molecule has 7 N–H and O–H groups in total. The summed E-state index contributed by atoms with van der Waals surface area (Å²) >= 11 is 0. The standard InChI is InChI=1S/C15H25N3O8.C11H10N2O6.C8H20N2O5/c16-25-11-9-23-7-5-22-6-8-24-10-12-26-17-13(19)3-4-18-14(20)1-2-15(18)21;14-7-1-2-8(15)12(7)6-5-11(18)19-13-9(16)3-4-10(13)17;9-14-7-5-12-3-1-11-2-4-13-6-8-15-10/h1-2H,3-12,16H2,(H,17,19);1-2H,3-6H2;1-10H2. The Morgan fingerprint density at radius 2 is 0.800 bits per heavy atom. The molecule has 60 heavy (non-hydrogen) atoms. The van der Waals surface area contributed by atoms with Crippen molar-refractivity contribution in [3.05, 3.63) is 24.3 Å². The van der Waals surface area contributed by atoms with Gasteiger partial charge < -0.3 is 47.8 Å². The monoisotopic (exact) mass is 865 g/mol. The summed E-state index contributed by atoms with van der Waals surface area (Å²) in [6.07, 6.45) is 4.24. The van der Waals surface area contributed by atoms with Gasteiger partial charge in [-0.15, -0.1) is 5.06 Å². The third kappa shape index (κ3) is 25.7. The van der Waals surface area contributed by atoms with Gasteiger partial charge in [0.2, 0.25) is 5.91 Å². The smallest absolute Gasteiger partial charge is 0.335 e. The predicted octanol–water partition coefficient (Wildman–Crippen LogP) is -3.99. The second kappa shape index (κ2) is 35.1. The molecule has 0 saturated carbocycles. The van der Waals surface area contributed by atoms with E-state index in [0.717, 1.165) is 22.0 Å². The van der Waals surface area contributed by atoms with Gasteiger partial charge in [-0.25, -0.2) is 28.0 Å². The number of hydrogen-bond donors (Lipinski definition) is 4. The normalized spacial score (nSPS) is 14.6. The maximum Gasteiger partial charge on any atom is 0.335 e. The molecule has 0 aromatic rings. The van der Waals surface area contributed by atoms with E-state index in [-0.39, 0.29) is 52.0 Å². The molecule has 0 aromatic heterocycles. The number of ether oxygens (including phenoxy) is 6. The van der Waals surface area contributed by atoms with E-state index in [9.17, 15) is 38.4 Å². The lowest BCUT2D eigenvalue weighted by atomic mass is 10.4. The van der Waals surface area contributed by atoms with E-state index in [1.807, 2.05) is 0 Å². The number of carbonyl (C=O) groups excluding carboxylic acids is 8. The lowest BCUT2D eigenvalue weighted by molar-refractivity contribution is -0.197. The van der Waals surface area contributed by atoms with Gasteiger partial charge in [-0.2, -0.15) is 0 Å². The number of imide groups is 3. The summed E-state index contributed by atoms with van der Waals surface area (Å²) in [5.41, 5.74) is 2.22. The summed E-state index contributed by atoms with van der Waals surface area (Å²) in [6.45, 7) is 6.58. The Labute approximate surface area is 345 Å². The molecular weight excluding hydrogens is 810 g/mol. The highest BCUT2D eigenvalue weighted by atomic mass is 16.7. The average molecular weight is 866 g/mol. The molecule has 1 saturated heterocycles. The summed E-state index contributed by atoms with van der Waals surface area (Å²) in [5.74, 6) is 10.2. The van der Waals surface area contributed by atoms with Crippen LogP contribution >= 0.6 is 0 Å². The highest BCUT2D eigenvalue weighted by molar-refractivity contribution is 6.13. The topological polar surface area (TPSA) is 338 Å². The van der Waals surface area contributed by atoms with Crippen molar-refractivity contribution >= 4 is 47.3 Å². The molecule has 0 unspecified atom stereocenters. The third-order valence-electron chi connectivity index (χ3n) is 7.14. The third-order valence-corrected chi connectivity index (χ3v) is 7.14. The lowest BCUT2D eigenvalue weighted by Gasteiger charge is -2.15. The van der Waals surface area contributed by atoms with Gasteiger partial charge in [0.15, 0.2) is 0 Å². The SMILES string of the molecule is NOCCOCCOCCOCCON.NOCCOCCOCCOCCONC(=O)CCN1C(=O)C=CC1=O.O=C(CCN1C(=O)C=CC1=O)ON1C(=O)CCC1=O. The number of rotatable bonds is 32. The Kier molecular flexibility index (Phi) is 31.2. The molecule has 0 aromatic carbocycles. The van der Waals surface area contributed by atoms with Gasteiger partial charge in [0.1, 0.15) is 0 Å². The van der Waals surface area contributed by atoms with Crippen LogP contribution in [0.2, 0.25) is 0 Å². The fourth-order valence-corrected chi connectivity index (χ4v) is 4.21. The largest absolute Gasteiger partial charge is 0.377 e. The summed E-state index contributed by atoms with van der Waals surface area (Å²) in [6, 6.07) is 0. The van der Waals surface area contributed by atoms with E-state index < -0.39 is 47.3 Å². The number of hydroxylamine groups is 3. The Balaban J connectivity index is 0.000000469. The fourth-order valence-electron chi connectivity index (χ4n) is 4.21. The van der Waals surface area contributed by atoms with Gasteiger partial charge >= 0.3 is 5.97 Å². The van der Waals surface area contributed by atoms with Gasteiger partial charge in [0, 0.05) is 56.7 Å². The zero-order valence-corrected chi connectivity index (χ0v) is 33.2. The molecule has 3 rings (SSSR count). The zero-order chi connectivity index (χ0) is 44.2. The maximum atomic E-state index is 11.5. The van der Waals surface area contributed by atoms with Crippen molar-refractivity contribution in [3.63, 3.8) is 0 Å². The second-order valence-electron chi connectivity index (χ2n) is 11.5. The lowest BCUT2D eigenvalue weighted by Crippen LogP contribution is -2.35. The molecule has 0 radical (unpaired) electrons. The summed E-state index contributed by atoms with van der Waals surface area (Å²) < 4.78 is 31.1. The van der Waals surface area contributed by atoms with Crippen LogP contribution < -0.4 is 23.2 Å². The van der Waals surface area contributed by atoms with Crippen molar-refractivity contribution < 1.29 is 91.0 Å².